The third kappa shape index (κ3) is 4.95. The van der Waals surface area contributed by atoms with Gasteiger partial charge in [0, 0.05) is 5.56 Å². The Morgan fingerprint density at radius 1 is 1.10 bits per heavy atom. The van der Waals surface area contributed by atoms with Crippen LogP contribution in [0.25, 0.3) is 11.4 Å². The van der Waals surface area contributed by atoms with Gasteiger partial charge >= 0.3 is 5.97 Å². The molecule has 31 heavy (non-hydrogen) atoms. The van der Waals surface area contributed by atoms with Crippen molar-refractivity contribution in [1.29, 1.82) is 0 Å². The van der Waals surface area contributed by atoms with Gasteiger partial charge in [0.2, 0.25) is 21.7 Å². The van der Waals surface area contributed by atoms with Crippen molar-refractivity contribution in [2.45, 2.75) is 11.4 Å². The molecule has 1 N–H and O–H groups in total. The first kappa shape index (κ1) is 22.5. The average Bonchev–Trinajstić information content (AvgIpc) is 3.26. The van der Waals surface area contributed by atoms with Crippen LogP contribution in [0.2, 0.25) is 5.02 Å². The number of carbonyl (C=O) groups excluding carboxylic acids is 1. The molecule has 0 aliphatic carbocycles. The normalized spacial score (nSPS) is 11.2. The van der Waals surface area contributed by atoms with Crippen LogP contribution in [0.1, 0.15) is 16.2 Å². The number of rotatable bonds is 8. The standard InChI is InChI=1S/C19H18ClN3O7S/c1-27-15-7-4-11(8-16(15)28-2)18-22-17(30-23-18)10-21-31(25,26)12-5-6-14(20)13(9-12)19(24)29-3/h4-9,21H,10H2,1-3H3. The minimum absolute atomic E-state index is 0.0375. The smallest absolute Gasteiger partial charge is 0.339 e. The minimum atomic E-state index is -4.00. The van der Waals surface area contributed by atoms with Crippen LogP contribution in [-0.2, 0) is 21.3 Å². The van der Waals surface area contributed by atoms with Crippen LogP contribution in [0.4, 0.5) is 0 Å². The number of aromatic nitrogens is 2. The second kappa shape index (κ2) is 9.33. The first-order valence-electron chi connectivity index (χ1n) is 8.71. The molecule has 164 valence electrons. The van der Waals surface area contributed by atoms with Crippen molar-refractivity contribution < 1.29 is 31.9 Å². The third-order valence-corrected chi connectivity index (χ3v) is 5.91. The van der Waals surface area contributed by atoms with Crippen LogP contribution in [0.15, 0.2) is 45.8 Å². The summed E-state index contributed by atoms with van der Waals surface area (Å²) < 4.78 is 47.7. The topological polar surface area (TPSA) is 130 Å². The van der Waals surface area contributed by atoms with Crippen molar-refractivity contribution in [1.82, 2.24) is 14.9 Å². The second-order valence-corrected chi connectivity index (χ2v) is 8.21. The summed E-state index contributed by atoms with van der Waals surface area (Å²) in [6.07, 6.45) is 0. The van der Waals surface area contributed by atoms with Gasteiger partial charge in [0.1, 0.15) is 0 Å². The first-order valence-corrected chi connectivity index (χ1v) is 10.6. The molecule has 3 rings (SSSR count). The Kier molecular flexibility index (Phi) is 6.78. The van der Waals surface area contributed by atoms with Gasteiger partial charge in [0.15, 0.2) is 11.5 Å². The monoisotopic (exact) mass is 467 g/mol. The summed E-state index contributed by atoms with van der Waals surface area (Å²) in [7, 11) is 0.194. The Morgan fingerprint density at radius 3 is 2.52 bits per heavy atom. The van der Waals surface area contributed by atoms with Gasteiger partial charge < -0.3 is 18.7 Å². The third-order valence-electron chi connectivity index (χ3n) is 4.18. The van der Waals surface area contributed by atoms with Crippen LogP contribution < -0.4 is 14.2 Å². The maximum Gasteiger partial charge on any atom is 0.339 e. The molecular weight excluding hydrogens is 450 g/mol. The zero-order valence-electron chi connectivity index (χ0n) is 16.7. The van der Waals surface area contributed by atoms with Crippen molar-refractivity contribution in [3.05, 3.63) is 52.9 Å². The number of sulfonamides is 1. The zero-order chi connectivity index (χ0) is 22.6. The van der Waals surface area contributed by atoms with Gasteiger partial charge in [-0.1, -0.05) is 16.8 Å². The summed E-state index contributed by atoms with van der Waals surface area (Å²) >= 11 is 5.93. The van der Waals surface area contributed by atoms with Gasteiger partial charge in [-0.05, 0) is 36.4 Å². The lowest BCUT2D eigenvalue weighted by atomic mass is 10.2. The predicted molar refractivity (Wildman–Crippen MR) is 110 cm³/mol. The van der Waals surface area contributed by atoms with E-state index in [0.717, 1.165) is 6.07 Å². The van der Waals surface area contributed by atoms with E-state index < -0.39 is 16.0 Å². The summed E-state index contributed by atoms with van der Waals surface area (Å²) in [6.45, 7) is -0.265. The summed E-state index contributed by atoms with van der Waals surface area (Å²) in [5.41, 5.74) is 0.525. The fourth-order valence-electron chi connectivity index (χ4n) is 2.60. The second-order valence-electron chi connectivity index (χ2n) is 6.04. The molecule has 0 atom stereocenters. The van der Waals surface area contributed by atoms with E-state index in [1.165, 1.54) is 33.5 Å². The van der Waals surface area contributed by atoms with Crippen LogP contribution in [0.5, 0.6) is 11.5 Å². The highest BCUT2D eigenvalue weighted by Gasteiger charge is 2.20. The molecule has 3 aromatic rings. The number of hydrogen-bond acceptors (Lipinski definition) is 9. The van der Waals surface area contributed by atoms with Crippen molar-refractivity contribution >= 4 is 27.6 Å². The van der Waals surface area contributed by atoms with E-state index in [0.29, 0.717) is 17.1 Å². The number of carbonyl (C=O) groups is 1. The Morgan fingerprint density at radius 2 is 1.84 bits per heavy atom. The highest BCUT2D eigenvalue weighted by molar-refractivity contribution is 7.89. The molecule has 12 heteroatoms. The number of ether oxygens (including phenoxy) is 3. The van der Waals surface area contributed by atoms with Gasteiger partial charge in [-0.2, -0.15) is 4.98 Å². The molecule has 1 aromatic heterocycles. The average molecular weight is 468 g/mol. The molecule has 0 unspecified atom stereocenters. The van der Waals surface area contributed by atoms with Gasteiger partial charge in [0.05, 0.1) is 43.4 Å². The quantitative estimate of drug-likeness (QED) is 0.497. The number of nitrogens with one attached hydrogen (secondary N) is 1. The van der Waals surface area contributed by atoms with Gasteiger partial charge in [-0.3, -0.25) is 0 Å². The zero-order valence-corrected chi connectivity index (χ0v) is 18.3. The summed E-state index contributed by atoms with van der Waals surface area (Å²) in [6, 6.07) is 8.75. The number of hydrogen-bond donors (Lipinski definition) is 1. The Bertz CT molecular complexity index is 1210. The van der Waals surface area contributed by atoms with Crippen LogP contribution in [0, 0.1) is 0 Å². The van der Waals surface area contributed by atoms with Gasteiger partial charge in [-0.15, -0.1) is 0 Å². The van der Waals surface area contributed by atoms with E-state index in [2.05, 4.69) is 19.6 Å². The van der Waals surface area contributed by atoms with E-state index in [1.807, 2.05) is 0 Å². The largest absolute Gasteiger partial charge is 0.493 e. The molecule has 1 heterocycles. The van der Waals surface area contributed by atoms with E-state index >= 15 is 0 Å². The van der Waals surface area contributed by atoms with Crippen molar-refractivity contribution in [3.63, 3.8) is 0 Å². The lowest BCUT2D eigenvalue weighted by Gasteiger charge is -2.08. The molecule has 0 radical (unpaired) electrons. The highest BCUT2D eigenvalue weighted by Crippen LogP contribution is 2.31. The number of halogens is 1. The SMILES string of the molecule is COC(=O)c1cc(S(=O)(=O)NCc2nc(-c3ccc(OC)c(OC)c3)no2)ccc1Cl. The van der Waals surface area contributed by atoms with Crippen molar-refractivity contribution in [2.24, 2.45) is 0 Å². The molecule has 0 spiro atoms. The van der Waals surface area contributed by atoms with Crippen molar-refractivity contribution in [3.8, 4) is 22.9 Å². The fourth-order valence-corrected chi connectivity index (χ4v) is 3.79. The molecule has 0 aliphatic rings. The van der Waals surface area contributed by atoms with E-state index in [4.69, 9.17) is 25.6 Å². The van der Waals surface area contributed by atoms with E-state index in [9.17, 15) is 13.2 Å². The number of esters is 1. The summed E-state index contributed by atoms with van der Waals surface area (Å²) in [4.78, 5) is 15.8. The molecule has 0 saturated heterocycles. The number of benzene rings is 2. The molecule has 0 aliphatic heterocycles. The Balaban J connectivity index is 1.77. The summed E-state index contributed by atoms with van der Waals surface area (Å²) in [5.74, 6) is 0.553. The fraction of sp³-hybridized carbons (Fsp3) is 0.211. The maximum atomic E-state index is 12.6. The Labute approximate surface area is 183 Å². The lowest BCUT2D eigenvalue weighted by Crippen LogP contribution is -2.23. The molecule has 0 saturated carbocycles. The van der Waals surface area contributed by atoms with Crippen molar-refractivity contribution in [2.75, 3.05) is 21.3 Å². The Hall–Kier alpha value is -3.15. The van der Waals surface area contributed by atoms with Crippen LogP contribution in [-0.4, -0.2) is 45.9 Å². The van der Waals surface area contributed by atoms with Crippen LogP contribution in [0.3, 0.4) is 0 Å². The van der Waals surface area contributed by atoms with Gasteiger partial charge in [0.25, 0.3) is 0 Å². The summed E-state index contributed by atoms with van der Waals surface area (Å²) in [5, 5.41) is 3.93. The van der Waals surface area contributed by atoms with Gasteiger partial charge in [-0.25, -0.2) is 17.9 Å². The molecule has 2 aromatic carbocycles. The maximum absolute atomic E-state index is 12.6. The first-order chi connectivity index (χ1) is 14.8. The molecule has 0 bridgehead atoms. The number of methoxy groups -OCH3 is 3. The van der Waals surface area contributed by atoms with E-state index in [1.54, 1.807) is 18.2 Å². The minimum Gasteiger partial charge on any atom is -0.493 e. The van der Waals surface area contributed by atoms with Crippen LogP contribution >= 0.6 is 11.6 Å². The number of nitrogens with zero attached hydrogens (tertiary/aromatic N) is 2. The molecule has 0 amide bonds. The highest BCUT2D eigenvalue weighted by atomic mass is 35.5. The molecular formula is C19H18ClN3O7S. The predicted octanol–water partition coefficient (Wildman–Crippen LogP) is 2.67. The molecule has 10 nitrogen and oxygen atoms in total. The lowest BCUT2D eigenvalue weighted by molar-refractivity contribution is 0.0600. The molecule has 0 fully saturated rings. The van der Waals surface area contributed by atoms with E-state index in [-0.39, 0.29) is 33.7 Å².